The summed E-state index contributed by atoms with van der Waals surface area (Å²) in [4.78, 5) is 5.76. The van der Waals surface area contributed by atoms with Crippen LogP contribution in [0.1, 0.15) is 30.2 Å². The average molecular weight is 304 g/mol. The zero-order valence-electron chi connectivity index (χ0n) is 12.8. The molecule has 2 aromatic rings. The number of methoxy groups -OCH3 is 1. The highest BCUT2D eigenvalue weighted by Gasteiger charge is 2.10. The molecule has 0 bridgehead atoms. The van der Waals surface area contributed by atoms with Crippen molar-refractivity contribution in [2.75, 3.05) is 13.7 Å². The summed E-state index contributed by atoms with van der Waals surface area (Å²) < 4.78 is 5.11. The summed E-state index contributed by atoms with van der Waals surface area (Å²) in [6.07, 6.45) is 6.40. The van der Waals surface area contributed by atoms with Crippen LogP contribution in [0, 0.1) is 0 Å². The predicted molar refractivity (Wildman–Crippen MR) is 89.2 cm³/mol. The molecule has 0 fully saturated rings. The van der Waals surface area contributed by atoms with Gasteiger partial charge in [-0.3, -0.25) is 0 Å². The monoisotopic (exact) mass is 304 g/mol. The largest absolute Gasteiger partial charge is 0.481 e. The molecule has 0 saturated heterocycles. The van der Waals surface area contributed by atoms with E-state index in [-0.39, 0.29) is 0 Å². The van der Waals surface area contributed by atoms with E-state index >= 15 is 0 Å². The number of nitrogens with zero attached hydrogens (tertiary/aromatic N) is 1. The molecule has 1 atom stereocenters. The normalized spacial score (nSPS) is 12.3. The van der Waals surface area contributed by atoms with E-state index in [2.05, 4.69) is 40.8 Å². The number of hydrogen-bond acceptors (Lipinski definition) is 4. The van der Waals surface area contributed by atoms with E-state index in [1.54, 1.807) is 7.11 Å². The SMILES string of the molecule is CCCNC(CCc1cccs1)Cc1ccc(OC)nc1. The standard InChI is InChI=1S/C17H24N2OS/c1-3-10-18-15(7-8-16-5-4-11-21-16)12-14-6-9-17(20-2)19-13-14/h4-6,9,11,13,15,18H,3,7-8,10,12H2,1-2H3. The lowest BCUT2D eigenvalue weighted by Crippen LogP contribution is -2.32. The van der Waals surface area contributed by atoms with Gasteiger partial charge in [-0.05, 0) is 49.2 Å². The Morgan fingerprint density at radius 3 is 2.86 bits per heavy atom. The van der Waals surface area contributed by atoms with Gasteiger partial charge >= 0.3 is 0 Å². The zero-order valence-corrected chi connectivity index (χ0v) is 13.7. The molecule has 2 rings (SSSR count). The third-order valence-corrected chi connectivity index (χ3v) is 4.43. The van der Waals surface area contributed by atoms with Crippen molar-refractivity contribution in [2.24, 2.45) is 0 Å². The van der Waals surface area contributed by atoms with Gasteiger partial charge in [0.05, 0.1) is 7.11 Å². The Balaban J connectivity index is 1.90. The minimum Gasteiger partial charge on any atom is -0.481 e. The van der Waals surface area contributed by atoms with Crippen LogP contribution in [0.2, 0.25) is 0 Å². The van der Waals surface area contributed by atoms with Gasteiger partial charge in [0.2, 0.25) is 5.88 Å². The molecule has 2 aromatic heterocycles. The molecule has 3 nitrogen and oxygen atoms in total. The van der Waals surface area contributed by atoms with Crippen LogP contribution in [0.5, 0.6) is 5.88 Å². The third kappa shape index (κ3) is 5.48. The Morgan fingerprint density at radius 2 is 2.24 bits per heavy atom. The predicted octanol–water partition coefficient (Wildman–Crippen LogP) is 3.70. The van der Waals surface area contributed by atoms with Crippen LogP contribution < -0.4 is 10.1 Å². The number of aromatic nitrogens is 1. The van der Waals surface area contributed by atoms with Gasteiger partial charge < -0.3 is 10.1 Å². The maximum Gasteiger partial charge on any atom is 0.212 e. The lowest BCUT2D eigenvalue weighted by Gasteiger charge is -2.18. The number of thiophene rings is 1. The first-order valence-electron chi connectivity index (χ1n) is 7.56. The van der Waals surface area contributed by atoms with Crippen LogP contribution in [0.25, 0.3) is 0 Å². The molecule has 0 saturated carbocycles. The van der Waals surface area contributed by atoms with Crippen molar-refractivity contribution in [1.82, 2.24) is 10.3 Å². The molecule has 0 aromatic carbocycles. The van der Waals surface area contributed by atoms with Gasteiger partial charge in [-0.2, -0.15) is 0 Å². The number of nitrogens with one attached hydrogen (secondary N) is 1. The highest BCUT2D eigenvalue weighted by molar-refractivity contribution is 7.09. The highest BCUT2D eigenvalue weighted by Crippen LogP contribution is 2.15. The molecule has 0 spiro atoms. The van der Waals surface area contributed by atoms with Crippen molar-refractivity contribution >= 4 is 11.3 Å². The van der Waals surface area contributed by atoms with Crippen molar-refractivity contribution in [2.45, 2.75) is 38.6 Å². The Bertz CT molecular complexity index is 496. The third-order valence-electron chi connectivity index (χ3n) is 3.49. The fraction of sp³-hybridized carbons (Fsp3) is 0.471. The summed E-state index contributed by atoms with van der Waals surface area (Å²) in [5.74, 6) is 0.676. The maximum atomic E-state index is 5.11. The lowest BCUT2D eigenvalue weighted by atomic mass is 10.0. The van der Waals surface area contributed by atoms with E-state index in [1.165, 1.54) is 10.4 Å². The smallest absolute Gasteiger partial charge is 0.212 e. The molecule has 0 aliphatic heterocycles. The molecular formula is C17H24N2OS. The van der Waals surface area contributed by atoms with Crippen molar-refractivity contribution in [3.05, 3.63) is 46.3 Å². The molecule has 0 aliphatic rings. The van der Waals surface area contributed by atoms with Gasteiger partial charge in [0.1, 0.15) is 0 Å². The molecule has 4 heteroatoms. The number of hydrogen-bond donors (Lipinski definition) is 1. The van der Waals surface area contributed by atoms with Crippen LogP contribution in [-0.2, 0) is 12.8 Å². The number of rotatable bonds is 9. The van der Waals surface area contributed by atoms with Crippen molar-refractivity contribution < 1.29 is 4.74 Å². The van der Waals surface area contributed by atoms with Gasteiger partial charge in [-0.25, -0.2) is 4.98 Å². The molecule has 1 N–H and O–H groups in total. The van der Waals surface area contributed by atoms with Gasteiger partial charge in [0.25, 0.3) is 0 Å². The number of aryl methyl sites for hydroxylation is 1. The summed E-state index contributed by atoms with van der Waals surface area (Å²) in [6, 6.07) is 8.89. The summed E-state index contributed by atoms with van der Waals surface area (Å²) in [7, 11) is 1.65. The topological polar surface area (TPSA) is 34.1 Å². The van der Waals surface area contributed by atoms with Gasteiger partial charge in [-0.15, -0.1) is 11.3 Å². The highest BCUT2D eigenvalue weighted by atomic mass is 32.1. The van der Waals surface area contributed by atoms with Crippen LogP contribution in [0.4, 0.5) is 0 Å². The van der Waals surface area contributed by atoms with Crippen LogP contribution >= 0.6 is 11.3 Å². The molecule has 2 heterocycles. The second-order valence-corrected chi connectivity index (χ2v) is 6.21. The van der Waals surface area contributed by atoms with E-state index < -0.39 is 0 Å². The van der Waals surface area contributed by atoms with Crippen molar-refractivity contribution in [1.29, 1.82) is 0 Å². The Hall–Kier alpha value is -1.39. The zero-order chi connectivity index (χ0) is 14.9. The quantitative estimate of drug-likeness (QED) is 0.767. The first-order chi connectivity index (χ1) is 10.3. The van der Waals surface area contributed by atoms with Gasteiger partial charge in [0, 0.05) is 23.2 Å². The van der Waals surface area contributed by atoms with Crippen LogP contribution in [-0.4, -0.2) is 24.7 Å². The second kappa shape index (κ2) is 8.80. The van der Waals surface area contributed by atoms with Crippen molar-refractivity contribution in [3.8, 4) is 5.88 Å². The fourth-order valence-corrected chi connectivity index (χ4v) is 3.06. The minimum atomic E-state index is 0.502. The molecule has 21 heavy (non-hydrogen) atoms. The van der Waals surface area contributed by atoms with Crippen LogP contribution in [0.15, 0.2) is 35.8 Å². The first-order valence-corrected chi connectivity index (χ1v) is 8.44. The molecule has 114 valence electrons. The van der Waals surface area contributed by atoms with E-state index in [0.717, 1.165) is 32.2 Å². The summed E-state index contributed by atoms with van der Waals surface area (Å²) in [6.45, 7) is 3.27. The molecule has 1 unspecified atom stereocenters. The summed E-state index contributed by atoms with van der Waals surface area (Å²) >= 11 is 1.84. The van der Waals surface area contributed by atoms with E-state index in [0.29, 0.717) is 11.9 Å². The first kappa shape index (κ1) is 16.0. The van der Waals surface area contributed by atoms with E-state index in [4.69, 9.17) is 4.74 Å². The van der Waals surface area contributed by atoms with Gasteiger partial charge in [-0.1, -0.05) is 19.1 Å². The number of ether oxygens (including phenoxy) is 1. The van der Waals surface area contributed by atoms with Gasteiger partial charge in [0.15, 0.2) is 0 Å². The van der Waals surface area contributed by atoms with E-state index in [9.17, 15) is 0 Å². The van der Waals surface area contributed by atoms with Crippen molar-refractivity contribution in [3.63, 3.8) is 0 Å². The molecular weight excluding hydrogens is 280 g/mol. The summed E-state index contributed by atoms with van der Waals surface area (Å²) in [5, 5.41) is 5.80. The lowest BCUT2D eigenvalue weighted by molar-refractivity contribution is 0.397. The minimum absolute atomic E-state index is 0.502. The number of pyridine rings is 1. The van der Waals surface area contributed by atoms with Crippen LogP contribution in [0.3, 0.4) is 0 Å². The molecule has 0 amide bonds. The fourth-order valence-electron chi connectivity index (χ4n) is 2.33. The maximum absolute atomic E-state index is 5.11. The van der Waals surface area contributed by atoms with E-state index in [1.807, 2.05) is 23.6 Å². The average Bonchev–Trinajstić information content (AvgIpc) is 3.04. The Kier molecular flexibility index (Phi) is 6.70. The molecule has 0 radical (unpaired) electrons. The Morgan fingerprint density at radius 1 is 1.33 bits per heavy atom. The Labute approximate surface area is 131 Å². The molecule has 0 aliphatic carbocycles. The summed E-state index contributed by atoms with van der Waals surface area (Å²) in [5.41, 5.74) is 1.26. The second-order valence-electron chi connectivity index (χ2n) is 5.18.